The summed E-state index contributed by atoms with van der Waals surface area (Å²) in [4.78, 5) is 22.9. The molecule has 11 heteroatoms. The zero-order valence-corrected chi connectivity index (χ0v) is 22.0. The number of rotatable bonds is 9. The second-order valence-corrected chi connectivity index (χ2v) is 10.5. The van der Waals surface area contributed by atoms with Gasteiger partial charge in [0.2, 0.25) is 0 Å². The quantitative estimate of drug-likeness (QED) is 0.367. The number of aryl methyl sites for hydroxylation is 1. The van der Waals surface area contributed by atoms with Gasteiger partial charge < -0.3 is 11.1 Å². The Hall–Kier alpha value is -3.75. The average molecular weight is 555 g/mol. The lowest BCUT2D eigenvalue weighted by Crippen LogP contribution is -2.36. The monoisotopic (exact) mass is 554 g/mol. The summed E-state index contributed by atoms with van der Waals surface area (Å²) in [5, 5.41) is 15.3. The van der Waals surface area contributed by atoms with Gasteiger partial charge in [-0.15, -0.1) is 11.3 Å². The van der Waals surface area contributed by atoms with Crippen LogP contribution in [0.3, 0.4) is 0 Å². The maximum atomic E-state index is 12.9. The van der Waals surface area contributed by atoms with Gasteiger partial charge in [-0.25, -0.2) is 4.98 Å². The number of carbonyl (C=O) groups excluding carboxylic acids is 1. The maximum absolute atomic E-state index is 12.9. The number of nitrogens with zero attached hydrogens (tertiary/aromatic N) is 3. The lowest BCUT2D eigenvalue weighted by atomic mass is 9.94. The number of aliphatic imine (C=N–C) groups is 1. The molecule has 4 rings (SSSR count). The highest BCUT2D eigenvalue weighted by molar-refractivity contribution is 7.15. The van der Waals surface area contributed by atoms with E-state index in [0.717, 1.165) is 27.3 Å². The van der Waals surface area contributed by atoms with Crippen molar-refractivity contribution in [2.24, 2.45) is 16.6 Å². The summed E-state index contributed by atoms with van der Waals surface area (Å²) >= 11 is 1.36. The number of nitrogens with two attached hydrogens (primary N) is 1. The van der Waals surface area contributed by atoms with Crippen LogP contribution in [0.2, 0.25) is 0 Å². The number of halogens is 3. The highest BCUT2D eigenvalue weighted by Gasteiger charge is 2.28. The van der Waals surface area contributed by atoms with Crippen molar-refractivity contribution in [2.45, 2.75) is 50.9 Å². The first-order valence-electron chi connectivity index (χ1n) is 12.6. The molecule has 0 spiro atoms. The van der Waals surface area contributed by atoms with Crippen molar-refractivity contribution in [2.75, 3.05) is 11.9 Å². The van der Waals surface area contributed by atoms with Crippen LogP contribution < -0.4 is 16.4 Å². The van der Waals surface area contributed by atoms with Crippen LogP contribution in [0.1, 0.15) is 45.8 Å². The van der Waals surface area contributed by atoms with E-state index < -0.39 is 12.6 Å². The number of hydrogen-bond donors (Lipinski definition) is 3. The van der Waals surface area contributed by atoms with Gasteiger partial charge in [-0.2, -0.15) is 18.4 Å². The van der Waals surface area contributed by atoms with E-state index in [4.69, 9.17) is 11.0 Å². The van der Waals surface area contributed by atoms with Gasteiger partial charge in [-0.1, -0.05) is 30.4 Å². The van der Waals surface area contributed by atoms with Crippen LogP contribution in [0, 0.1) is 17.2 Å². The number of benzene rings is 1. The second-order valence-electron chi connectivity index (χ2n) is 9.38. The lowest BCUT2D eigenvalue weighted by Gasteiger charge is -2.22. The third-order valence-electron chi connectivity index (χ3n) is 6.47. The largest absolute Gasteiger partial charge is 0.404 e. The van der Waals surface area contributed by atoms with Gasteiger partial charge in [-0.05, 0) is 49.0 Å². The fourth-order valence-electron chi connectivity index (χ4n) is 4.39. The SMILES string of the molecule is N#CC1C=CC(C(C=NCc2cccc(C(=O)Nc3nc4c(s3)C[C@@H](NCCC(F)(F)F)CC4)c2)=CN)=CC1. The number of carbonyl (C=O) groups is 1. The van der Waals surface area contributed by atoms with Gasteiger partial charge >= 0.3 is 6.18 Å². The molecule has 1 amide bonds. The van der Waals surface area contributed by atoms with Gasteiger partial charge in [0.05, 0.1) is 30.6 Å². The number of fused-ring (bicyclic) bond motifs is 1. The van der Waals surface area contributed by atoms with E-state index in [1.807, 2.05) is 24.3 Å². The Kier molecular flexibility index (Phi) is 9.32. The molecule has 1 aromatic heterocycles. The maximum Gasteiger partial charge on any atom is 0.390 e. The zero-order valence-electron chi connectivity index (χ0n) is 21.2. The fourth-order valence-corrected chi connectivity index (χ4v) is 5.48. The topological polar surface area (TPSA) is 116 Å². The number of thiazole rings is 1. The number of aromatic nitrogens is 1. The van der Waals surface area contributed by atoms with E-state index >= 15 is 0 Å². The molecule has 0 saturated carbocycles. The Morgan fingerprint density at radius 3 is 2.92 bits per heavy atom. The molecule has 0 aliphatic heterocycles. The van der Waals surface area contributed by atoms with Crippen LogP contribution in [-0.4, -0.2) is 35.9 Å². The predicted molar refractivity (Wildman–Crippen MR) is 146 cm³/mol. The molecule has 1 unspecified atom stereocenters. The number of nitriles is 1. The number of amides is 1. The van der Waals surface area contributed by atoms with E-state index in [1.165, 1.54) is 17.5 Å². The van der Waals surface area contributed by atoms with Crippen LogP contribution >= 0.6 is 11.3 Å². The Balaban J connectivity index is 1.31. The van der Waals surface area contributed by atoms with Gasteiger partial charge in [0.1, 0.15) is 0 Å². The van der Waals surface area contributed by atoms with Gasteiger partial charge in [0, 0.05) is 41.0 Å². The van der Waals surface area contributed by atoms with Crippen molar-refractivity contribution in [3.8, 4) is 6.07 Å². The highest BCUT2D eigenvalue weighted by Crippen LogP contribution is 2.30. The molecule has 2 aromatic rings. The highest BCUT2D eigenvalue weighted by atomic mass is 32.1. The van der Waals surface area contributed by atoms with Crippen molar-refractivity contribution < 1.29 is 18.0 Å². The minimum Gasteiger partial charge on any atom is -0.404 e. The van der Waals surface area contributed by atoms with Crippen molar-refractivity contribution in [3.05, 3.63) is 81.5 Å². The molecule has 1 heterocycles. The van der Waals surface area contributed by atoms with Gasteiger partial charge in [0.25, 0.3) is 5.91 Å². The summed E-state index contributed by atoms with van der Waals surface area (Å²) in [6.07, 6.45) is 6.41. The predicted octanol–water partition coefficient (Wildman–Crippen LogP) is 5.23. The molecule has 7 nitrogen and oxygen atoms in total. The fraction of sp³-hybridized carbons (Fsp3) is 0.357. The molecule has 2 atom stereocenters. The molecule has 204 valence electrons. The molecule has 0 bridgehead atoms. The Morgan fingerprint density at radius 2 is 2.21 bits per heavy atom. The first-order valence-corrected chi connectivity index (χ1v) is 13.4. The molecule has 0 saturated heterocycles. The zero-order chi connectivity index (χ0) is 27.8. The van der Waals surface area contributed by atoms with Crippen LogP contribution in [0.4, 0.5) is 18.3 Å². The minimum atomic E-state index is -4.17. The number of alkyl halides is 3. The van der Waals surface area contributed by atoms with Crippen LogP contribution in [0.5, 0.6) is 0 Å². The van der Waals surface area contributed by atoms with E-state index in [9.17, 15) is 18.0 Å². The van der Waals surface area contributed by atoms with Crippen LogP contribution in [-0.2, 0) is 19.4 Å². The van der Waals surface area contributed by atoms with Crippen LogP contribution in [0.15, 0.2) is 64.8 Å². The first kappa shape index (κ1) is 28.3. The molecule has 2 aliphatic rings. The first-order chi connectivity index (χ1) is 18.7. The summed E-state index contributed by atoms with van der Waals surface area (Å²) in [7, 11) is 0. The van der Waals surface area contributed by atoms with E-state index in [1.54, 1.807) is 24.4 Å². The summed E-state index contributed by atoms with van der Waals surface area (Å²) < 4.78 is 37.3. The Morgan fingerprint density at radius 1 is 1.36 bits per heavy atom. The van der Waals surface area contributed by atoms with Gasteiger partial charge in [-0.3, -0.25) is 15.1 Å². The van der Waals surface area contributed by atoms with E-state index in [0.29, 0.717) is 42.9 Å². The van der Waals surface area contributed by atoms with E-state index in [-0.39, 0.29) is 24.4 Å². The summed E-state index contributed by atoms with van der Waals surface area (Å²) in [6, 6.07) is 9.33. The molecule has 39 heavy (non-hydrogen) atoms. The standard InChI is InChI=1S/C28H29F3N6OS/c29-28(30,31)10-11-35-23-8-9-24-25(13-23)39-27(36-24)37-26(38)21-3-1-2-19(12-21)16-34-17-22(15-33)20-6-4-18(14-32)5-7-20/h1-4,6-7,12,15,17-18,23,35H,5,8-11,13,16,33H2,(H,36,37,38)/t18?,23-/m0/s1. The number of nitrogens with one attached hydrogen (secondary N) is 2. The van der Waals surface area contributed by atoms with Crippen LogP contribution in [0.25, 0.3) is 0 Å². The van der Waals surface area contributed by atoms with Gasteiger partial charge in [0.15, 0.2) is 5.13 Å². The Labute approximate surface area is 229 Å². The number of allylic oxidation sites excluding steroid dienone is 5. The number of hydrogen-bond acceptors (Lipinski definition) is 7. The third kappa shape index (κ3) is 8.12. The molecular weight excluding hydrogens is 525 g/mol. The summed E-state index contributed by atoms with van der Waals surface area (Å²) in [5.41, 5.74) is 9.64. The molecule has 1 aromatic carbocycles. The molecule has 4 N–H and O–H groups in total. The lowest BCUT2D eigenvalue weighted by molar-refractivity contribution is -0.133. The Bertz CT molecular complexity index is 1350. The normalized spacial score (nSPS) is 19.4. The molecule has 0 radical (unpaired) electrons. The summed E-state index contributed by atoms with van der Waals surface area (Å²) in [5.74, 6) is -0.419. The number of anilines is 1. The third-order valence-corrected chi connectivity index (χ3v) is 7.51. The smallest absolute Gasteiger partial charge is 0.390 e. The minimum absolute atomic E-state index is 0.0318. The van der Waals surface area contributed by atoms with Crippen molar-refractivity contribution in [1.29, 1.82) is 5.26 Å². The van der Waals surface area contributed by atoms with Crippen molar-refractivity contribution in [3.63, 3.8) is 0 Å². The molecular formula is C28H29F3N6OS. The average Bonchev–Trinajstić information content (AvgIpc) is 3.32. The molecule has 2 aliphatic carbocycles. The second kappa shape index (κ2) is 12.9. The van der Waals surface area contributed by atoms with Crippen molar-refractivity contribution in [1.82, 2.24) is 10.3 Å². The summed E-state index contributed by atoms with van der Waals surface area (Å²) in [6.45, 7) is 0.248. The van der Waals surface area contributed by atoms with Crippen molar-refractivity contribution >= 4 is 28.6 Å². The van der Waals surface area contributed by atoms with E-state index in [2.05, 4.69) is 26.7 Å². The molecule has 0 fully saturated rings.